The Bertz CT molecular complexity index is 1670. The summed E-state index contributed by atoms with van der Waals surface area (Å²) in [6.07, 6.45) is 4.88. The molecule has 1 N–H and O–H groups in total. The maximum absolute atomic E-state index is 10.0. The van der Waals surface area contributed by atoms with Crippen molar-refractivity contribution in [2.45, 2.75) is 20.2 Å². The van der Waals surface area contributed by atoms with Gasteiger partial charge >= 0.3 is 0 Å². The molecule has 5 heteroatoms. The van der Waals surface area contributed by atoms with Gasteiger partial charge in [-0.25, -0.2) is 0 Å². The molecule has 0 unspecified atom stereocenters. The first-order valence-electron chi connectivity index (χ1n) is 11.6. The molecule has 0 spiro atoms. The summed E-state index contributed by atoms with van der Waals surface area (Å²) in [6.45, 7) is 2.85. The van der Waals surface area contributed by atoms with Gasteiger partial charge in [0, 0.05) is 40.5 Å². The summed E-state index contributed by atoms with van der Waals surface area (Å²) in [7, 11) is 0. The fourth-order valence-corrected chi connectivity index (χ4v) is 4.21. The maximum Gasteiger partial charge on any atom is 0.155 e. The number of benzene rings is 3. The van der Waals surface area contributed by atoms with Crippen LogP contribution in [-0.4, -0.2) is 15.9 Å². The number of hydrogen-bond donors (Lipinski definition) is 1. The Kier molecular flexibility index (Phi) is 6.04. The number of pyridine rings is 1. The standard InChI is InChI=1S/C24H14NO.C5H8O2.Ir/c1-2-13-25-20(12-1)17-9-5-11-19-23-18-10-4-7-15-6-3-8-16(22(15)18)14-21(23)26-24(17)19;1-4(6)3-5(2)7;/h1-7,10-14H,8H2;3,6H,1-2H3;/q-1;;/b;4-3-;/i8D2;;. The van der Waals surface area contributed by atoms with Gasteiger partial charge in [0.15, 0.2) is 5.78 Å². The molecule has 1 aliphatic rings. The molecule has 5 aromatic rings. The number of allylic oxidation sites excluding steroid dienone is 3. The summed E-state index contributed by atoms with van der Waals surface area (Å²) >= 11 is 0. The van der Waals surface area contributed by atoms with E-state index in [-0.39, 0.29) is 31.6 Å². The van der Waals surface area contributed by atoms with Gasteiger partial charge in [-0.3, -0.25) is 4.79 Å². The van der Waals surface area contributed by atoms with Crippen LogP contribution in [0.5, 0.6) is 0 Å². The molecule has 0 fully saturated rings. The van der Waals surface area contributed by atoms with Gasteiger partial charge in [-0.2, -0.15) is 0 Å². The molecule has 1 aliphatic carbocycles. The Morgan fingerprint density at radius 2 is 2.00 bits per heavy atom. The van der Waals surface area contributed by atoms with Gasteiger partial charge < -0.3 is 14.5 Å². The molecule has 2 heterocycles. The monoisotopic (exact) mass is 627 g/mol. The largest absolute Gasteiger partial charge is 0.512 e. The van der Waals surface area contributed by atoms with E-state index in [4.69, 9.17) is 12.3 Å². The molecular weight excluding hydrogens is 603 g/mol. The van der Waals surface area contributed by atoms with Crippen molar-refractivity contribution >= 4 is 44.6 Å². The van der Waals surface area contributed by atoms with E-state index in [2.05, 4.69) is 11.1 Å². The van der Waals surface area contributed by atoms with E-state index in [1.807, 2.05) is 60.7 Å². The quantitative estimate of drug-likeness (QED) is 0.128. The van der Waals surface area contributed by atoms with Crippen molar-refractivity contribution in [3.63, 3.8) is 0 Å². The molecule has 0 saturated heterocycles. The molecule has 0 amide bonds. The number of carbonyl (C=O) groups excluding carboxylic acids is 1. The van der Waals surface area contributed by atoms with Crippen LogP contribution in [0.25, 0.3) is 50.0 Å². The van der Waals surface area contributed by atoms with Gasteiger partial charge in [0.05, 0.1) is 11.3 Å². The van der Waals surface area contributed by atoms with E-state index in [0.29, 0.717) is 11.1 Å². The second kappa shape index (κ2) is 9.76. The zero-order valence-corrected chi connectivity index (χ0v) is 20.9. The van der Waals surface area contributed by atoms with Crippen molar-refractivity contribution in [2.24, 2.45) is 0 Å². The molecular formula is C29H22IrNO3-. The minimum atomic E-state index is -1.53. The van der Waals surface area contributed by atoms with E-state index in [1.165, 1.54) is 19.9 Å². The van der Waals surface area contributed by atoms with Crippen LogP contribution in [0.15, 0.2) is 83.1 Å². The molecule has 2 aromatic heterocycles. The summed E-state index contributed by atoms with van der Waals surface area (Å²) in [4.78, 5) is 14.5. The Hall–Kier alpha value is -3.53. The van der Waals surface area contributed by atoms with Crippen molar-refractivity contribution in [3.8, 4) is 11.3 Å². The third-order valence-electron chi connectivity index (χ3n) is 5.42. The van der Waals surface area contributed by atoms with Crippen LogP contribution < -0.4 is 0 Å². The third kappa shape index (κ3) is 4.33. The van der Waals surface area contributed by atoms with Crippen molar-refractivity contribution in [3.05, 3.63) is 95.9 Å². The number of furan rings is 1. The van der Waals surface area contributed by atoms with Gasteiger partial charge in [0.1, 0.15) is 5.58 Å². The Labute approximate surface area is 213 Å². The topological polar surface area (TPSA) is 63.3 Å². The summed E-state index contributed by atoms with van der Waals surface area (Å²) in [5.41, 5.74) is 4.72. The van der Waals surface area contributed by atoms with Gasteiger partial charge in [0.2, 0.25) is 0 Å². The Morgan fingerprint density at radius 3 is 2.71 bits per heavy atom. The van der Waals surface area contributed by atoms with Crippen molar-refractivity contribution in [1.82, 2.24) is 4.98 Å². The van der Waals surface area contributed by atoms with E-state index in [9.17, 15) is 4.79 Å². The van der Waals surface area contributed by atoms with Crippen LogP contribution in [0.3, 0.4) is 0 Å². The first-order valence-corrected chi connectivity index (χ1v) is 10.6. The number of aromatic nitrogens is 1. The minimum Gasteiger partial charge on any atom is -0.512 e. The molecule has 171 valence electrons. The van der Waals surface area contributed by atoms with E-state index < -0.39 is 6.37 Å². The number of aliphatic hydroxyl groups excluding tert-OH is 1. The van der Waals surface area contributed by atoms with Crippen LogP contribution >= 0.6 is 0 Å². The van der Waals surface area contributed by atoms with Crippen LogP contribution in [0.1, 0.15) is 27.7 Å². The fraction of sp³-hybridized carbons (Fsp3) is 0.103. The predicted molar refractivity (Wildman–Crippen MR) is 133 cm³/mol. The summed E-state index contributed by atoms with van der Waals surface area (Å²) in [6, 6.07) is 20.9. The van der Waals surface area contributed by atoms with Gasteiger partial charge in [0.25, 0.3) is 0 Å². The van der Waals surface area contributed by atoms with Crippen LogP contribution in [0.2, 0.25) is 0 Å². The number of carbonyl (C=O) groups is 1. The number of aliphatic hydroxyl groups is 1. The van der Waals surface area contributed by atoms with Crippen LogP contribution in [0.4, 0.5) is 0 Å². The van der Waals surface area contributed by atoms with Crippen LogP contribution in [0, 0.1) is 6.07 Å². The van der Waals surface area contributed by atoms with Crippen molar-refractivity contribution in [2.75, 3.05) is 0 Å². The summed E-state index contributed by atoms with van der Waals surface area (Å²) < 4.78 is 23.2. The summed E-state index contributed by atoms with van der Waals surface area (Å²) in [5.74, 6) is -0.0625. The molecule has 4 nitrogen and oxygen atoms in total. The number of fused-ring (bicyclic) bond motifs is 4. The minimum absolute atomic E-state index is 0. The Morgan fingerprint density at radius 1 is 1.15 bits per heavy atom. The Balaban J connectivity index is 0.000000338. The normalized spacial score (nSPS) is 14.7. The average molecular weight is 627 g/mol. The summed E-state index contributed by atoms with van der Waals surface area (Å²) in [5, 5.41) is 12.3. The average Bonchev–Trinajstić information content (AvgIpc) is 3.20. The molecule has 0 atom stereocenters. The molecule has 34 heavy (non-hydrogen) atoms. The SMILES string of the molecule is CC(=O)/C=C(/C)O.[2H]C1([2H])C=Cc2cccc3c2c1cc1oc2c(-c4ccccn4)[c-]ccc2c13.[Ir]. The van der Waals surface area contributed by atoms with E-state index >= 15 is 0 Å². The zero-order chi connectivity index (χ0) is 24.7. The van der Waals surface area contributed by atoms with Gasteiger partial charge in [-0.05, 0) is 59.9 Å². The number of ketones is 1. The maximum atomic E-state index is 10.0. The van der Waals surface area contributed by atoms with Gasteiger partial charge in [-0.1, -0.05) is 53.4 Å². The van der Waals surface area contributed by atoms with Crippen molar-refractivity contribution in [1.29, 1.82) is 0 Å². The van der Waals surface area contributed by atoms with Gasteiger partial charge in [-0.15, -0.1) is 18.2 Å². The number of rotatable bonds is 2. The van der Waals surface area contributed by atoms with Crippen molar-refractivity contribution < 1.29 is 37.2 Å². The van der Waals surface area contributed by atoms with E-state index in [1.54, 1.807) is 12.3 Å². The third-order valence-corrected chi connectivity index (χ3v) is 5.42. The second-order valence-corrected chi connectivity index (χ2v) is 7.85. The molecule has 3 aromatic carbocycles. The smallest absolute Gasteiger partial charge is 0.155 e. The molecule has 0 aliphatic heterocycles. The first-order chi connectivity index (χ1) is 16.8. The zero-order valence-electron chi connectivity index (χ0n) is 20.5. The molecule has 0 bridgehead atoms. The fourth-order valence-electron chi connectivity index (χ4n) is 4.21. The van der Waals surface area contributed by atoms with E-state index in [0.717, 1.165) is 43.9 Å². The molecule has 1 radical (unpaired) electrons. The molecule has 0 saturated carbocycles. The first kappa shape index (κ1) is 21.0. The predicted octanol–water partition coefficient (Wildman–Crippen LogP) is 7.21. The van der Waals surface area contributed by atoms with Crippen LogP contribution in [-0.2, 0) is 31.3 Å². The molecule has 6 rings (SSSR count). The second-order valence-electron chi connectivity index (χ2n) is 7.85. The number of nitrogens with zero attached hydrogens (tertiary/aromatic N) is 1. The number of hydrogen-bond acceptors (Lipinski definition) is 4.